The van der Waals surface area contributed by atoms with E-state index in [9.17, 15) is 5.11 Å². The number of hydrogen-bond acceptors (Lipinski definition) is 1. The van der Waals surface area contributed by atoms with Crippen LogP contribution in [0.5, 0.6) is 0 Å². The van der Waals surface area contributed by atoms with Crippen molar-refractivity contribution in [1.29, 1.82) is 0 Å². The number of rotatable bonds is 4. The van der Waals surface area contributed by atoms with Crippen LogP contribution in [0.25, 0.3) is 0 Å². The lowest BCUT2D eigenvalue weighted by Crippen LogP contribution is -2.06. The highest BCUT2D eigenvalue weighted by molar-refractivity contribution is 4.96. The monoisotopic (exact) mass is 138 g/mol. The van der Waals surface area contributed by atoms with Crippen molar-refractivity contribution in [1.82, 2.24) is 0 Å². The van der Waals surface area contributed by atoms with Crippen LogP contribution in [0.2, 0.25) is 0 Å². The van der Waals surface area contributed by atoms with Crippen molar-refractivity contribution in [3.8, 4) is 12.3 Å². The molecule has 0 bridgehead atoms. The van der Waals surface area contributed by atoms with Crippen molar-refractivity contribution in [3.05, 3.63) is 12.2 Å². The molecule has 0 aliphatic rings. The molecular weight excluding hydrogens is 124 g/mol. The van der Waals surface area contributed by atoms with Crippen LogP contribution in [0.3, 0.4) is 0 Å². The smallest absolute Gasteiger partial charge is 0.0745 e. The number of hydrogen-bond donors (Lipinski definition) is 1. The molecule has 10 heavy (non-hydrogen) atoms. The van der Waals surface area contributed by atoms with Crippen LogP contribution in [0.15, 0.2) is 12.2 Å². The minimum absolute atomic E-state index is 0.367. The van der Waals surface area contributed by atoms with Crippen molar-refractivity contribution in [2.24, 2.45) is 0 Å². The highest BCUT2D eigenvalue weighted by Crippen LogP contribution is 2.06. The van der Waals surface area contributed by atoms with E-state index in [0.717, 1.165) is 24.8 Å². The molecule has 0 rings (SSSR count). The highest BCUT2D eigenvalue weighted by atomic mass is 16.3. The van der Waals surface area contributed by atoms with Crippen molar-refractivity contribution >= 4 is 0 Å². The molecule has 0 radical (unpaired) electrons. The van der Waals surface area contributed by atoms with Gasteiger partial charge in [-0.3, -0.25) is 0 Å². The Morgan fingerprint density at radius 3 is 2.80 bits per heavy atom. The quantitative estimate of drug-likeness (QED) is 0.356. The normalized spacial score (nSPS) is 12.1. The Morgan fingerprint density at radius 2 is 2.40 bits per heavy atom. The van der Waals surface area contributed by atoms with Gasteiger partial charge in [0.25, 0.3) is 0 Å². The fourth-order valence-corrected chi connectivity index (χ4v) is 0.644. The van der Waals surface area contributed by atoms with Gasteiger partial charge in [0.1, 0.15) is 0 Å². The van der Waals surface area contributed by atoms with Crippen molar-refractivity contribution in [2.75, 3.05) is 0 Å². The molecule has 1 N–H and O–H groups in total. The van der Waals surface area contributed by atoms with Gasteiger partial charge in [-0.1, -0.05) is 12.2 Å². The summed E-state index contributed by atoms with van der Waals surface area (Å²) in [5.41, 5.74) is 0.817. The van der Waals surface area contributed by atoms with Gasteiger partial charge in [-0.2, -0.15) is 0 Å². The van der Waals surface area contributed by atoms with E-state index >= 15 is 0 Å². The summed E-state index contributed by atoms with van der Waals surface area (Å²) in [4.78, 5) is 0. The third-order valence-corrected chi connectivity index (χ3v) is 1.37. The molecule has 0 aromatic heterocycles. The van der Waals surface area contributed by atoms with Gasteiger partial charge in [-0.15, -0.1) is 12.3 Å². The predicted molar refractivity (Wildman–Crippen MR) is 43.5 cm³/mol. The van der Waals surface area contributed by atoms with Crippen LogP contribution < -0.4 is 0 Å². The van der Waals surface area contributed by atoms with Crippen LogP contribution in [-0.4, -0.2) is 11.2 Å². The van der Waals surface area contributed by atoms with E-state index in [4.69, 9.17) is 6.42 Å². The molecule has 1 nitrogen and oxygen atoms in total. The SMILES string of the molecule is C#CCCCC(O)C(=C)C. The van der Waals surface area contributed by atoms with Gasteiger partial charge in [-0.05, 0) is 19.8 Å². The van der Waals surface area contributed by atoms with E-state index in [1.165, 1.54) is 0 Å². The zero-order valence-corrected chi connectivity index (χ0v) is 6.43. The van der Waals surface area contributed by atoms with Gasteiger partial charge in [0.2, 0.25) is 0 Å². The lowest BCUT2D eigenvalue weighted by molar-refractivity contribution is 0.198. The molecule has 0 amide bonds. The molecule has 0 spiro atoms. The standard InChI is InChI=1S/C9H14O/c1-4-5-6-7-9(10)8(2)3/h1,9-10H,2,5-7H2,3H3. The maximum atomic E-state index is 9.18. The first-order chi connectivity index (χ1) is 4.68. The first-order valence-electron chi connectivity index (χ1n) is 3.45. The Morgan fingerprint density at radius 1 is 1.80 bits per heavy atom. The maximum absolute atomic E-state index is 9.18. The summed E-state index contributed by atoms with van der Waals surface area (Å²) in [7, 11) is 0. The summed E-state index contributed by atoms with van der Waals surface area (Å²) >= 11 is 0. The molecule has 0 saturated carbocycles. The number of terminal acetylenes is 1. The molecule has 0 fully saturated rings. The van der Waals surface area contributed by atoms with Crippen LogP contribution in [-0.2, 0) is 0 Å². The van der Waals surface area contributed by atoms with E-state index < -0.39 is 0 Å². The Bertz CT molecular complexity index is 141. The molecule has 0 saturated heterocycles. The zero-order valence-electron chi connectivity index (χ0n) is 6.43. The first kappa shape index (κ1) is 9.26. The average Bonchev–Trinajstić information content (AvgIpc) is 1.88. The maximum Gasteiger partial charge on any atom is 0.0745 e. The van der Waals surface area contributed by atoms with E-state index in [0.29, 0.717) is 0 Å². The summed E-state index contributed by atoms with van der Waals surface area (Å²) in [5, 5.41) is 9.18. The minimum atomic E-state index is -0.367. The molecular formula is C9H14O. The minimum Gasteiger partial charge on any atom is -0.389 e. The second-order valence-electron chi connectivity index (χ2n) is 2.46. The highest BCUT2D eigenvalue weighted by Gasteiger charge is 2.01. The fraction of sp³-hybridized carbons (Fsp3) is 0.556. The summed E-state index contributed by atoms with van der Waals surface area (Å²) in [6, 6.07) is 0. The second-order valence-corrected chi connectivity index (χ2v) is 2.46. The topological polar surface area (TPSA) is 20.2 Å². The summed E-state index contributed by atoms with van der Waals surface area (Å²) in [5.74, 6) is 2.52. The van der Waals surface area contributed by atoms with Crippen molar-refractivity contribution in [2.45, 2.75) is 32.3 Å². The molecule has 1 heteroatoms. The Balaban J connectivity index is 3.32. The number of aliphatic hydroxyl groups is 1. The van der Waals surface area contributed by atoms with Gasteiger partial charge < -0.3 is 5.11 Å². The summed E-state index contributed by atoms with van der Waals surface area (Å²) < 4.78 is 0. The molecule has 0 aromatic rings. The van der Waals surface area contributed by atoms with Gasteiger partial charge in [0, 0.05) is 6.42 Å². The third kappa shape index (κ3) is 4.17. The molecule has 0 aromatic carbocycles. The average molecular weight is 138 g/mol. The van der Waals surface area contributed by atoms with Crippen LogP contribution in [0.4, 0.5) is 0 Å². The van der Waals surface area contributed by atoms with Crippen molar-refractivity contribution in [3.63, 3.8) is 0 Å². The van der Waals surface area contributed by atoms with E-state index in [-0.39, 0.29) is 6.10 Å². The Kier molecular flexibility index (Phi) is 4.70. The van der Waals surface area contributed by atoms with Gasteiger partial charge in [0.05, 0.1) is 6.10 Å². The van der Waals surface area contributed by atoms with Crippen LogP contribution in [0, 0.1) is 12.3 Å². The van der Waals surface area contributed by atoms with Gasteiger partial charge in [-0.25, -0.2) is 0 Å². The van der Waals surface area contributed by atoms with Gasteiger partial charge >= 0.3 is 0 Å². The molecule has 0 aliphatic heterocycles. The first-order valence-corrected chi connectivity index (χ1v) is 3.45. The second kappa shape index (κ2) is 5.08. The molecule has 1 unspecified atom stereocenters. The van der Waals surface area contributed by atoms with E-state index in [1.807, 2.05) is 6.92 Å². The van der Waals surface area contributed by atoms with Gasteiger partial charge in [0.15, 0.2) is 0 Å². The van der Waals surface area contributed by atoms with Crippen molar-refractivity contribution < 1.29 is 5.11 Å². The molecule has 1 atom stereocenters. The lowest BCUT2D eigenvalue weighted by Gasteiger charge is -2.07. The van der Waals surface area contributed by atoms with Crippen LogP contribution in [0.1, 0.15) is 26.2 Å². The van der Waals surface area contributed by atoms with E-state index in [2.05, 4.69) is 12.5 Å². The third-order valence-electron chi connectivity index (χ3n) is 1.37. The molecule has 0 heterocycles. The Hall–Kier alpha value is -0.740. The number of aliphatic hydroxyl groups excluding tert-OH is 1. The van der Waals surface area contributed by atoms with Crippen LogP contribution >= 0.6 is 0 Å². The summed E-state index contributed by atoms with van der Waals surface area (Å²) in [6.07, 6.45) is 7.03. The molecule has 56 valence electrons. The zero-order chi connectivity index (χ0) is 7.98. The van der Waals surface area contributed by atoms with E-state index in [1.54, 1.807) is 0 Å². The lowest BCUT2D eigenvalue weighted by atomic mass is 10.1. The summed E-state index contributed by atoms with van der Waals surface area (Å²) in [6.45, 7) is 5.45. The molecule has 0 aliphatic carbocycles. The Labute approximate surface area is 62.8 Å². The predicted octanol–water partition coefficient (Wildman–Crippen LogP) is 1.73. The largest absolute Gasteiger partial charge is 0.389 e. The number of unbranched alkanes of at least 4 members (excludes halogenated alkanes) is 1. The fourth-order valence-electron chi connectivity index (χ4n) is 0.644.